The number of nitrogens with zero attached hydrogens (tertiary/aromatic N) is 1. The lowest BCUT2D eigenvalue weighted by Crippen LogP contribution is -2.14. The smallest absolute Gasteiger partial charge is 0.349 e. The first-order valence-electron chi connectivity index (χ1n) is 5.67. The van der Waals surface area contributed by atoms with E-state index in [1.165, 1.54) is 13.3 Å². The van der Waals surface area contributed by atoms with E-state index in [1.54, 1.807) is 24.3 Å². The molecule has 1 heterocycles. The van der Waals surface area contributed by atoms with Crippen LogP contribution in [0.1, 0.15) is 15.2 Å². The molecule has 0 bridgehead atoms. The molecule has 0 aliphatic carbocycles. The van der Waals surface area contributed by atoms with E-state index in [0.717, 1.165) is 16.9 Å². The Labute approximate surface area is 124 Å². The number of carbonyl (C=O) groups is 2. The Morgan fingerprint density at radius 1 is 1.35 bits per heavy atom. The van der Waals surface area contributed by atoms with Gasteiger partial charge in [-0.25, -0.2) is 9.78 Å². The van der Waals surface area contributed by atoms with Crippen molar-refractivity contribution in [1.29, 1.82) is 0 Å². The topological polar surface area (TPSA) is 68.3 Å². The lowest BCUT2D eigenvalue weighted by atomic mass is 10.1. The second-order valence-electron chi connectivity index (χ2n) is 3.87. The molecule has 0 saturated carbocycles. The molecule has 1 N–H and O–H groups in total. The number of thiazole rings is 1. The maximum absolute atomic E-state index is 11.8. The molecule has 0 aliphatic heterocycles. The summed E-state index contributed by atoms with van der Waals surface area (Å²) >= 11 is 6.84. The van der Waals surface area contributed by atoms with E-state index in [1.807, 2.05) is 0 Å². The highest BCUT2D eigenvalue weighted by atomic mass is 35.5. The molecule has 1 aromatic heterocycles. The van der Waals surface area contributed by atoms with E-state index in [2.05, 4.69) is 15.0 Å². The Hall–Kier alpha value is -1.92. The van der Waals surface area contributed by atoms with Gasteiger partial charge in [0.25, 0.3) is 0 Å². The summed E-state index contributed by atoms with van der Waals surface area (Å²) in [6, 6.07) is 7.01. The van der Waals surface area contributed by atoms with Crippen LogP contribution in [-0.2, 0) is 16.0 Å². The highest BCUT2D eigenvalue weighted by Crippen LogP contribution is 2.19. The van der Waals surface area contributed by atoms with Crippen LogP contribution in [0.25, 0.3) is 0 Å². The van der Waals surface area contributed by atoms with Gasteiger partial charge in [0.05, 0.1) is 19.7 Å². The quantitative estimate of drug-likeness (QED) is 0.882. The van der Waals surface area contributed by atoms with Crippen molar-refractivity contribution in [2.75, 3.05) is 12.4 Å². The van der Waals surface area contributed by atoms with Crippen molar-refractivity contribution in [2.24, 2.45) is 0 Å². The average molecular weight is 311 g/mol. The van der Waals surface area contributed by atoms with E-state index < -0.39 is 5.97 Å². The minimum absolute atomic E-state index is 0.210. The first kappa shape index (κ1) is 14.5. The van der Waals surface area contributed by atoms with Crippen LogP contribution in [0.5, 0.6) is 0 Å². The van der Waals surface area contributed by atoms with Gasteiger partial charge in [0.1, 0.15) is 4.88 Å². The zero-order chi connectivity index (χ0) is 14.5. The Balaban J connectivity index is 1.96. The summed E-state index contributed by atoms with van der Waals surface area (Å²) < 4.78 is 4.57. The van der Waals surface area contributed by atoms with E-state index in [0.29, 0.717) is 15.0 Å². The predicted octanol–water partition coefficient (Wildman–Crippen LogP) is 2.76. The van der Waals surface area contributed by atoms with E-state index in [9.17, 15) is 9.59 Å². The van der Waals surface area contributed by atoms with Gasteiger partial charge in [-0.3, -0.25) is 4.79 Å². The van der Waals surface area contributed by atoms with Gasteiger partial charge in [0, 0.05) is 5.02 Å². The fourth-order valence-electron chi connectivity index (χ4n) is 1.48. The summed E-state index contributed by atoms with van der Waals surface area (Å²) in [7, 11) is 1.29. The van der Waals surface area contributed by atoms with Gasteiger partial charge < -0.3 is 10.1 Å². The van der Waals surface area contributed by atoms with E-state index in [4.69, 9.17) is 11.6 Å². The van der Waals surface area contributed by atoms with Gasteiger partial charge in [-0.1, -0.05) is 35.1 Å². The van der Waals surface area contributed by atoms with Crippen molar-refractivity contribution in [3.8, 4) is 0 Å². The third-order valence-corrected chi connectivity index (χ3v) is 3.56. The summed E-state index contributed by atoms with van der Waals surface area (Å²) in [5.74, 6) is -0.682. The van der Waals surface area contributed by atoms with Crippen LogP contribution < -0.4 is 5.32 Å². The Morgan fingerprint density at radius 2 is 2.05 bits per heavy atom. The molecule has 104 valence electrons. The molecule has 2 rings (SSSR count). The Morgan fingerprint density at radius 3 is 2.70 bits per heavy atom. The molecule has 7 heteroatoms. The monoisotopic (exact) mass is 310 g/mol. The van der Waals surface area contributed by atoms with Crippen LogP contribution in [0.4, 0.5) is 5.13 Å². The number of hydrogen-bond acceptors (Lipinski definition) is 5. The number of ether oxygens (including phenoxy) is 1. The molecule has 0 fully saturated rings. The zero-order valence-corrected chi connectivity index (χ0v) is 12.1. The molecule has 0 radical (unpaired) electrons. The standard InChI is InChI=1S/C13H11ClN2O3S/c1-19-12(18)10-7-15-13(20-10)16-11(17)6-8-2-4-9(14)5-3-8/h2-5,7H,6H2,1H3,(H,15,16,17). The minimum Gasteiger partial charge on any atom is -0.465 e. The molecule has 0 spiro atoms. The summed E-state index contributed by atoms with van der Waals surface area (Å²) in [4.78, 5) is 27.4. The molecule has 0 atom stereocenters. The summed E-state index contributed by atoms with van der Waals surface area (Å²) in [5, 5.41) is 3.62. The highest BCUT2D eigenvalue weighted by Gasteiger charge is 2.12. The van der Waals surface area contributed by atoms with Crippen molar-refractivity contribution in [2.45, 2.75) is 6.42 Å². The van der Waals surface area contributed by atoms with E-state index in [-0.39, 0.29) is 12.3 Å². The van der Waals surface area contributed by atoms with Crippen molar-refractivity contribution in [3.63, 3.8) is 0 Å². The number of benzene rings is 1. The molecular weight excluding hydrogens is 300 g/mol. The summed E-state index contributed by atoms with van der Waals surface area (Å²) in [6.07, 6.45) is 1.58. The Bertz CT molecular complexity index is 625. The second kappa shape index (κ2) is 6.49. The van der Waals surface area contributed by atoms with Crippen LogP contribution in [-0.4, -0.2) is 24.0 Å². The van der Waals surface area contributed by atoms with Crippen LogP contribution in [0.3, 0.4) is 0 Å². The molecule has 0 saturated heterocycles. The van der Waals surface area contributed by atoms with Gasteiger partial charge >= 0.3 is 5.97 Å². The maximum atomic E-state index is 11.8. The fourth-order valence-corrected chi connectivity index (χ4v) is 2.35. The number of rotatable bonds is 4. The molecule has 5 nitrogen and oxygen atoms in total. The number of amides is 1. The van der Waals surface area contributed by atoms with Crippen LogP contribution in [0.15, 0.2) is 30.5 Å². The highest BCUT2D eigenvalue weighted by molar-refractivity contribution is 7.17. The first-order valence-corrected chi connectivity index (χ1v) is 6.86. The number of esters is 1. The lowest BCUT2D eigenvalue weighted by Gasteiger charge is -2.02. The van der Waals surface area contributed by atoms with Crippen molar-refractivity contribution in [3.05, 3.63) is 45.9 Å². The van der Waals surface area contributed by atoms with Gasteiger partial charge in [0.2, 0.25) is 5.91 Å². The second-order valence-corrected chi connectivity index (χ2v) is 5.34. The fraction of sp³-hybridized carbons (Fsp3) is 0.154. The molecule has 20 heavy (non-hydrogen) atoms. The average Bonchev–Trinajstić information content (AvgIpc) is 2.89. The van der Waals surface area contributed by atoms with Crippen molar-refractivity contribution in [1.82, 2.24) is 4.98 Å². The molecule has 1 amide bonds. The van der Waals surface area contributed by atoms with Crippen LogP contribution in [0.2, 0.25) is 5.02 Å². The number of hydrogen-bond donors (Lipinski definition) is 1. The summed E-state index contributed by atoms with van der Waals surface area (Å²) in [6.45, 7) is 0. The number of methoxy groups -OCH3 is 1. The maximum Gasteiger partial charge on any atom is 0.349 e. The number of aromatic nitrogens is 1. The number of carbonyl (C=O) groups excluding carboxylic acids is 2. The van der Waals surface area contributed by atoms with Crippen LogP contribution >= 0.6 is 22.9 Å². The Kier molecular flexibility index (Phi) is 4.70. The first-order chi connectivity index (χ1) is 9.58. The van der Waals surface area contributed by atoms with Gasteiger partial charge in [-0.05, 0) is 17.7 Å². The van der Waals surface area contributed by atoms with Gasteiger partial charge in [-0.2, -0.15) is 0 Å². The number of anilines is 1. The van der Waals surface area contributed by atoms with E-state index >= 15 is 0 Å². The molecule has 2 aromatic rings. The predicted molar refractivity (Wildman–Crippen MR) is 77.2 cm³/mol. The lowest BCUT2D eigenvalue weighted by molar-refractivity contribution is -0.115. The normalized spacial score (nSPS) is 10.1. The molecule has 0 unspecified atom stereocenters. The van der Waals surface area contributed by atoms with Gasteiger partial charge in [-0.15, -0.1) is 0 Å². The van der Waals surface area contributed by atoms with Crippen molar-refractivity contribution < 1.29 is 14.3 Å². The van der Waals surface area contributed by atoms with Gasteiger partial charge in [0.15, 0.2) is 5.13 Å². The third-order valence-electron chi connectivity index (χ3n) is 2.42. The SMILES string of the molecule is COC(=O)c1cnc(NC(=O)Cc2ccc(Cl)cc2)s1. The minimum atomic E-state index is -0.472. The third kappa shape index (κ3) is 3.79. The van der Waals surface area contributed by atoms with Crippen LogP contribution in [0, 0.1) is 0 Å². The largest absolute Gasteiger partial charge is 0.465 e. The van der Waals surface area contributed by atoms with Crippen molar-refractivity contribution >= 4 is 39.9 Å². The summed E-state index contributed by atoms with van der Waals surface area (Å²) in [5.41, 5.74) is 0.844. The number of halogens is 1. The molecule has 1 aromatic carbocycles. The zero-order valence-electron chi connectivity index (χ0n) is 10.6. The number of nitrogens with one attached hydrogen (secondary N) is 1. The molecule has 0 aliphatic rings. The molecular formula is C13H11ClN2O3S.